The molecule has 0 saturated carbocycles. The lowest BCUT2D eigenvalue weighted by Crippen LogP contribution is -2.29. The molecule has 4 rings (SSSR count). The van der Waals surface area contributed by atoms with Crippen molar-refractivity contribution in [2.75, 3.05) is 23.3 Å². The highest BCUT2D eigenvalue weighted by Crippen LogP contribution is 2.32. The third-order valence-electron chi connectivity index (χ3n) is 4.85. The standard InChI is InChI=1S/C18H18F2N6O3S2/c19-18(20)3-1-6-26(7-4-18)15-12(9-13-17(25-15)30-10-23-13)16(27)24-11-2-5-22-14(8-11)31(21,28)29/h2,5,8-10H,1,3-4,6-7H2,(H2,21,28,29)(H,22,24,27). The number of alkyl halides is 2. The number of anilines is 2. The van der Waals surface area contributed by atoms with Gasteiger partial charge in [0.2, 0.25) is 5.92 Å². The highest BCUT2D eigenvalue weighted by Gasteiger charge is 2.33. The second-order valence-electron chi connectivity index (χ2n) is 7.11. The van der Waals surface area contributed by atoms with E-state index in [0.29, 0.717) is 16.9 Å². The van der Waals surface area contributed by atoms with E-state index in [-0.39, 0.29) is 42.9 Å². The van der Waals surface area contributed by atoms with Crippen molar-refractivity contribution in [2.24, 2.45) is 5.14 Å². The summed E-state index contributed by atoms with van der Waals surface area (Å²) in [6, 6.07) is 4.09. The maximum absolute atomic E-state index is 13.8. The van der Waals surface area contributed by atoms with Gasteiger partial charge in [-0.05, 0) is 18.6 Å². The van der Waals surface area contributed by atoms with Gasteiger partial charge in [0.1, 0.15) is 16.2 Å². The first kappa shape index (κ1) is 21.5. The first-order valence-electron chi connectivity index (χ1n) is 9.30. The molecular weight excluding hydrogens is 450 g/mol. The van der Waals surface area contributed by atoms with Crippen LogP contribution in [0.1, 0.15) is 29.6 Å². The van der Waals surface area contributed by atoms with E-state index < -0.39 is 26.9 Å². The normalized spacial score (nSPS) is 16.8. The molecule has 3 aromatic heterocycles. The van der Waals surface area contributed by atoms with E-state index in [1.54, 1.807) is 16.5 Å². The van der Waals surface area contributed by atoms with Crippen molar-refractivity contribution >= 4 is 49.1 Å². The minimum atomic E-state index is -4.05. The fraction of sp³-hybridized carbons (Fsp3) is 0.333. The molecule has 164 valence electrons. The molecule has 9 nitrogen and oxygen atoms in total. The highest BCUT2D eigenvalue weighted by molar-refractivity contribution is 7.89. The quantitative estimate of drug-likeness (QED) is 0.602. The largest absolute Gasteiger partial charge is 0.356 e. The number of fused-ring (bicyclic) bond motifs is 1. The molecule has 31 heavy (non-hydrogen) atoms. The Morgan fingerprint density at radius 2 is 2.03 bits per heavy atom. The summed E-state index contributed by atoms with van der Waals surface area (Å²) in [7, 11) is -4.05. The van der Waals surface area contributed by atoms with Crippen LogP contribution in [0.3, 0.4) is 0 Å². The van der Waals surface area contributed by atoms with Crippen molar-refractivity contribution in [1.82, 2.24) is 15.0 Å². The van der Waals surface area contributed by atoms with Crippen molar-refractivity contribution in [3.05, 3.63) is 35.5 Å². The number of nitrogens with two attached hydrogens (primary N) is 1. The number of carbonyl (C=O) groups is 1. The summed E-state index contributed by atoms with van der Waals surface area (Å²) in [6.45, 7) is 0.382. The van der Waals surface area contributed by atoms with E-state index in [4.69, 9.17) is 5.14 Å². The van der Waals surface area contributed by atoms with Crippen molar-refractivity contribution in [2.45, 2.75) is 30.2 Å². The summed E-state index contributed by atoms with van der Waals surface area (Å²) in [6.07, 6.45) is 0.910. The Kier molecular flexibility index (Phi) is 5.58. The van der Waals surface area contributed by atoms with Crippen molar-refractivity contribution in [3.63, 3.8) is 0 Å². The number of carbonyl (C=O) groups excluding carboxylic acids is 1. The molecule has 4 heterocycles. The zero-order valence-corrected chi connectivity index (χ0v) is 17.7. The third kappa shape index (κ3) is 4.78. The van der Waals surface area contributed by atoms with E-state index in [0.717, 1.165) is 6.07 Å². The van der Waals surface area contributed by atoms with Gasteiger partial charge in [-0.3, -0.25) is 4.79 Å². The van der Waals surface area contributed by atoms with E-state index >= 15 is 0 Å². The van der Waals surface area contributed by atoms with Crippen LogP contribution in [-0.4, -0.2) is 48.3 Å². The molecule has 0 atom stereocenters. The maximum atomic E-state index is 13.8. The summed E-state index contributed by atoms with van der Waals surface area (Å²) < 4.78 is 50.7. The summed E-state index contributed by atoms with van der Waals surface area (Å²) in [5.41, 5.74) is 2.40. The lowest BCUT2D eigenvalue weighted by Gasteiger charge is -2.24. The van der Waals surface area contributed by atoms with Gasteiger partial charge in [0, 0.05) is 43.9 Å². The van der Waals surface area contributed by atoms with Gasteiger partial charge in [-0.25, -0.2) is 37.3 Å². The Labute approximate surface area is 180 Å². The molecule has 3 aromatic rings. The minimum absolute atomic E-state index is 0.0510. The fourth-order valence-electron chi connectivity index (χ4n) is 3.31. The minimum Gasteiger partial charge on any atom is -0.356 e. The van der Waals surface area contributed by atoms with Crippen LogP contribution in [0.4, 0.5) is 20.3 Å². The predicted molar refractivity (Wildman–Crippen MR) is 112 cm³/mol. The molecule has 0 radical (unpaired) electrons. The smallest absolute Gasteiger partial charge is 0.259 e. The van der Waals surface area contributed by atoms with E-state index in [2.05, 4.69) is 20.3 Å². The number of amides is 1. The lowest BCUT2D eigenvalue weighted by molar-refractivity contribution is -0.0102. The number of thiazole rings is 1. The average Bonchev–Trinajstić information content (AvgIpc) is 3.08. The summed E-state index contributed by atoms with van der Waals surface area (Å²) in [5, 5.41) is 7.29. The number of nitrogens with zero attached hydrogens (tertiary/aromatic N) is 4. The van der Waals surface area contributed by atoms with Crippen LogP contribution < -0.4 is 15.4 Å². The molecule has 0 bridgehead atoms. The molecule has 1 amide bonds. The Hall–Kier alpha value is -2.77. The van der Waals surface area contributed by atoms with Crippen LogP contribution in [0, 0.1) is 0 Å². The van der Waals surface area contributed by atoms with Crippen LogP contribution in [-0.2, 0) is 10.0 Å². The third-order valence-corrected chi connectivity index (χ3v) is 6.39. The molecule has 3 N–H and O–H groups in total. The molecule has 0 spiro atoms. The number of halogens is 2. The predicted octanol–water partition coefficient (Wildman–Crippen LogP) is 2.61. The summed E-state index contributed by atoms with van der Waals surface area (Å²) >= 11 is 1.28. The Morgan fingerprint density at radius 1 is 1.23 bits per heavy atom. The van der Waals surface area contributed by atoms with Gasteiger partial charge in [0.15, 0.2) is 5.03 Å². The summed E-state index contributed by atoms with van der Waals surface area (Å²) in [5.74, 6) is -3.06. The van der Waals surface area contributed by atoms with Crippen LogP contribution >= 0.6 is 11.3 Å². The number of sulfonamides is 1. The molecule has 0 unspecified atom stereocenters. The maximum Gasteiger partial charge on any atom is 0.259 e. The van der Waals surface area contributed by atoms with Gasteiger partial charge in [0.05, 0.1) is 11.1 Å². The molecular formula is C18H18F2N6O3S2. The van der Waals surface area contributed by atoms with E-state index in [9.17, 15) is 22.0 Å². The van der Waals surface area contributed by atoms with Crippen LogP contribution in [0.5, 0.6) is 0 Å². The molecule has 1 aliphatic heterocycles. The molecule has 1 fully saturated rings. The van der Waals surface area contributed by atoms with Crippen molar-refractivity contribution in [3.8, 4) is 0 Å². The van der Waals surface area contributed by atoms with Gasteiger partial charge >= 0.3 is 0 Å². The number of primary sulfonamides is 1. The topological polar surface area (TPSA) is 131 Å². The number of rotatable bonds is 4. The number of pyridine rings is 2. The van der Waals surface area contributed by atoms with Gasteiger partial charge in [-0.1, -0.05) is 0 Å². The monoisotopic (exact) mass is 468 g/mol. The second kappa shape index (κ2) is 8.05. The molecule has 13 heteroatoms. The Balaban J connectivity index is 1.69. The van der Waals surface area contributed by atoms with Crippen molar-refractivity contribution < 1.29 is 22.0 Å². The number of hydrogen-bond donors (Lipinski definition) is 2. The number of nitrogens with one attached hydrogen (secondary N) is 1. The van der Waals surface area contributed by atoms with Gasteiger partial charge in [-0.15, -0.1) is 11.3 Å². The lowest BCUT2D eigenvalue weighted by atomic mass is 10.1. The highest BCUT2D eigenvalue weighted by atomic mass is 32.2. The SMILES string of the molecule is NS(=O)(=O)c1cc(NC(=O)c2cc3ncsc3nc2N2CCCC(F)(F)CC2)ccn1. The van der Waals surface area contributed by atoms with Gasteiger partial charge in [0.25, 0.3) is 15.9 Å². The number of aromatic nitrogens is 3. The van der Waals surface area contributed by atoms with Gasteiger partial charge < -0.3 is 10.2 Å². The average molecular weight is 469 g/mol. The molecule has 1 aliphatic rings. The second-order valence-corrected chi connectivity index (χ2v) is 9.46. The Morgan fingerprint density at radius 3 is 2.81 bits per heavy atom. The Bertz CT molecular complexity index is 1250. The van der Waals surface area contributed by atoms with Gasteiger partial charge in [-0.2, -0.15) is 0 Å². The zero-order valence-electron chi connectivity index (χ0n) is 16.1. The molecule has 1 saturated heterocycles. The van der Waals surface area contributed by atoms with E-state index in [1.807, 2.05) is 0 Å². The van der Waals surface area contributed by atoms with Crippen LogP contribution in [0.25, 0.3) is 10.3 Å². The van der Waals surface area contributed by atoms with Crippen LogP contribution in [0.2, 0.25) is 0 Å². The van der Waals surface area contributed by atoms with Crippen LogP contribution in [0.15, 0.2) is 34.9 Å². The zero-order chi connectivity index (χ0) is 22.2. The van der Waals surface area contributed by atoms with Crippen molar-refractivity contribution in [1.29, 1.82) is 0 Å². The first-order chi connectivity index (χ1) is 14.6. The van der Waals surface area contributed by atoms with E-state index in [1.165, 1.54) is 23.6 Å². The summed E-state index contributed by atoms with van der Waals surface area (Å²) in [4.78, 5) is 27.7. The first-order valence-corrected chi connectivity index (χ1v) is 11.7. The fourth-order valence-corrected chi connectivity index (χ4v) is 4.45. The molecule has 0 aromatic carbocycles. The molecule has 0 aliphatic carbocycles. The number of hydrogen-bond acceptors (Lipinski definition) is 8.